The zero-order valence-electron chi connectivity index (χ0n) is 15.7. The summed E-state index contributed by atoms with van der Waals surface area (Å²) in [6.07, 6.45) is 1.34. The number of methoxy groups -OCH3 is 1. The third-order valence-corrected chi connectivity index (χ3v) is 5.30. The lowest BCUT2D eigenvalue weighted by Gasteiger charge is -2.27. The average Bonchev–Trinajstić information content (AvgIpc) is 2.73. The summed E-state index contributed by atoms with van der Waals surface area (Å²) in [7, 11) is 1.39. The van der Waals surface area contributed by atoms with Crippen molar-refractivity contribution in [2.75, 3.05) is 12.0 Å². The molecule has 150 valence electrons. The molecule has 2 N–H and O–H groups in total. The van der Waals surface area contributed by atoms with Crippen molar-refractivity contribution in [1.29, 1.82) is 0 Å². The predicted octanol–water partition coefficient (Wildman–Crippen LogP) is 3.98. The standard InChI is InChI=1S/C22H15BrN2O5/c1-30-18-11-12(10-16(23)19(18)26)9-15-20(27)24-22(29)25(21(15)28)17-8-4-6-13-5-2-3-7-14(13)17/h2-11,26H,1H3,(H,24,27,29)/b15-9-. The van der Waals surface area contributed by atoms with E-state index in [1.807, 2.05) is 18.2 Å². The lowest BCUT2D eigenvalue weighted by atomic mass is 10.0. The predicted molar refractivity (Wildman–Crippen MR) is 115 cm³/mol. The normalized spacial score (nSPS) is 15.6. The molecule has 1 aliphatic rings. The number of anilines is 1. The lowest BCUT2D eigenvalue weighted by Crippen LogP contribution is -2.54. The molecule has 1 fully saturated rings. The van der Waals surface area contributed by atoms with Crippen LogP contribution in [-0.4, -0.2) is 30.1 Å². The van der Waals surface area contributed by atoms with Crippen molar-refractivity contribution in [2.45, 2.75) is 0 Å². The van der Waals surface area contributed by atoms with Crippen LogP contribution in [0.2, 0.25) is 0 Å². The molecule has 0 atom stereocenters. The molecule has 0 aliphatic carbocycles. The van der Waals surface area contributed by atoms with E-state index in [1.165, 1.54) is 25.3 Å². The number of fused-ring (bicyclic) bond motifs is 1. The Balaban J connectivity index is 1.82. The van der Waals surface area contributed by atoms with Crippen molar-refractivity contribution in [1.82, 2.24) is 5.32 Å². The number of imide groups is 2. The molecule has 4 rings (SSSR count). The fourth-order valence-electron chi connectivity index (χ4n) is 3.28. The second kappa shape index (κ2) is 7.64. The van der Waals surface area contributed by atoms with Gasteiger partial charge in [-0.25, -0.2) is 9.69 Å². The minimum Gasteiger partial charge on any atom is -0.503 e. The third kappa shape index (κ3) is 3.31. The molecular formula is C22H15BrN2O5. The number of barbiturate groups is 1. The number of amides is 4. The highest BCUT2D eigenvalue weighted by Crippen LogP contribution is 2.36. The maximum absolute atomic E-state index is 13.2. The second-order valence-corrected chi connectivity index (χ2v) is 7.36. The molecule has 30 heavy (non-hydrogen) atoms. The first-order valence-electron chi connectivity index (χ1n) is 8.86. The summed E-state index contributed by atoms with van der Waals surface area (Å²) in [5, 5.41) is 13.7. The highest BCUT2D eigenvalue weighted by Gasteiger charge is 2.37. The number of rotatable bonds is 3. The van der Waals surface area contributed by atoms with E-state index in [-0.39, 0.29) is 17.1 Å². The number of ether oxygens (including phenoxy) is 1. The van der Waals surface area contributed by atoms with Crippen LogP contribution in [0.5, 0.6) is 11.5 Å². The number of carbonyl (C=O) groups is 3. The molecule has 0 aromatic heterocycles. The molecule has 1 heterocycles. The Morgan fingerprint density at radius 1 is 1.07 bits per heavy atom. The van der Waals surface area contributed by atoms with E-state index in [0.29, 0.717) is 21.1 Å². The van der Waals surface area contributed by atoms with E-state index >= 15 is 0 Å². The molecule has 8 heteroatoms. The number of nitrogens with one attached hydrogen (secondary N) is 1. The van der Waals surface area contributed by atoms with Crippen LogP contribution in [0.25, 0.3) is 16.8 Å². The van der Waals surface area contributed by atoms with Crippen LogP contribution in [0.15, 0.2) is 64.6 Å². The van der Waals surface area contributed by atoms with Gasteiger partial charge in [-0.2, -0.15) is 0 Å². The number of benzene rings is 3. The molecule has 7 nitrogen and oxygen atoms in total. The first kappa shape index (κ1) is 19.7. The second-order valence-electron chi connectivity index (χ2n) is 6.51. The van der Waals surface area contributed by atoms with Gasteiger partial charge in [-0.15, -0.1) is 0 Å². The molecule has 0 spiro atoms. The minimum atomic E-state index is -0.817. The number of urea groups is 1. The van der Waals surface area contributed by atoms with Crippen molar-refractivity contribution in [2.24, 2.45) is 0 Å². The summed E-state index contributed by atoms with van der Waals surface area (Å²) < 4.78 is 5.44. The summed E-state index contributed by atoms with van der Waals surface area (Å²) in [6, 6.07) is 14.8. The molecule has 3 aromatic rings. The summed E-state index contributed by atoms with van der Waals surface area (Å²) in [5.41, 5.74) is 0.586. The zero-order chi connectivity index (χ0) is 21.4. The Morgan fingerprint density at radius 3 is 2.57 bits per heavy atom. The number of carbonyl (C=O) groups excluding carboxylic acids is 3. The highest BCUT2D eigenvalue weighted by atomic mass is 79.9. The fraction of sp³-hybridized carbons (Fsp3) is 0.0455. The van der Waals surface area contributed by atoms with Gasteiger partial charge in [0.1, 0.15) is 5.57 Å². The van der Waals surface area contributed by atoms with Gasteiger partial charge < -0.3 is 9.84 Å². The quantitative estimate of drug-likeness (QED) is 0.449. The number of halogens is 1. The van der Waals surface area contributed by atoms with Crippen molar-refractivity contribution < 1.29 is 24.2 Å². The number of aromatic hydroxyl groups is 1. The van der Waals surface area contributed by atoms with Gasteiger partial charge in [-0.05, 0) is 51.2 Å². The van der Waals surface area contributed by atoms with E-state index in [2.05, 4.69) is 21.2 Å². The van der Waals surface area contributed by atoms with Crippen molar-refractivity contribution in [3.63, 3.8) is 0 Å². The fourth-order valence-corrected chi connectivity index (χ4v) is 3.74. The third-order valence-electron chi connectivity index (χ3n) is 4.69. The number of hydrogen-bond acceptors (Lipinski definition) is 5. The first-order chi connectivity index (χ1) is 14.4. The molecule has 0 radical (unpaired) electrons. The van der Waals surface area contributed by atoms with Crippen LogP contribution in [0.3, 0.4) is 0 Å². The molecule has 0 bridgehead atoms. The van der Waals surface area contributed by atoms with Crippen molar-refractivity contribution in [3.8, 4) is 11.5 Å². The van der Waals surface area contributed by atoms with E-state index < -0.39 is 17.8 Å². The van der Waals surface area contributed by atoms with E-state index in [1.54, 1.807) is 24.3 Å². The molecular weight excluding hydrogens is 452 g/mol. The highest BCUT2D eigenvalue weighted by molar-refractivity contribution is 9.10. The van der Waals surface area contributed by atoms with Gasteiger partial charge in [0.15, 0.2) is 11.5 Å². The average molecular weight is 467 g/mol. The van der Waals surface area contributed by atoms with Crippen molar-refractivity contribution in [3.05, 3.63) is 70.2 Å². The number of nitrogens with zero attached hydrogens (tertiary/aromatic N) is 1. The number of phenolic OH excluding ortho intramolecular Hbond substituents is 1. The van der Waals surface area contributed by atoms with Crippen LogP contribution >= 0.6 is 15.9 Å². The lowest BCUT2D eigenvalue weighted by molar-refractivity contribution is -0.122. The van der Waals surface area contributed by atoms with Crippen molar-refractivity contribution >= 4 is 56.3 Å². The maximum atomic E-state index is 13.2. The van der Waals surface area contributed by atoms with Gasteiger partial charge in [0.05, 0.1) is 17.3 Å². The molecule has 0 saturated carbocycles. The molecule has 3 aromatic carbocycles. The summed E-state index contributed by atoms with van der Waals surface area (Å²) in [6.45, 7) is 0. The Hall–Kier alpha value is -3.65. The van der Waals surface area contributed by atoms with Gasteiger partial charge in [-0.1, -0.05) is 36.4 Å². The number of phenols is 1. The molecule has 4 amide bonds. The topological polar surface area (TPSA) is 95.9 Å². The summed E-state index contributed by atoms with van der Waals surface area (Å²) >= 11 is 3.21. The zero-order valence-corrected chi connectivity index (χ0v) is 17.3. The Kier molecular flexibility index (Phi) is 5.01. The maximum Gasteiger partial charge on any atom is 0.335 e. The van der Waals surface area contributed by atoms with Gasteiger partial charge in [0.25, 0.3) is 11.8 Å². The minimum absolute atomic E-state index is 0.105. The van der Waals surface area contributed by atoms with E-state index in [0.717, 1.165) is 10.3 Å². The molecule has 1 aliphatic heterocycles. The van der Waals surface area contributed by atoms with Crippen LogP contribution < -0.4 is 15.0 Å². The van der Waals surface area contributed by atoms with Gasteiger partial charge >= 0.3 is 6.03 Å². The van der Waals surface area contributed by atoms with Crippen LogP contribution in [0, 0.1) is 0 Å². The molecule has 0 unspecified atom stereocenters. The largest absolute Gasteiger partial charge is 0.503 e. The Labute approximate surface area is 179 Å². The monoisotopic (exact) mass is 466 g/mol. The SMILES string of the molecule is COc1cc(/C=C2/C(=O)NC(=O)N(c3cccc4ccccc34)C2=O)cc(Br)c1O. The summed E-state index contributed by atoms with van der Waals surface area (Å²) in [4.78, 5) is 39.1. The van der Waals surface area contributed by atoms with Gasteiger partial charge in [-0.3, -0.25) is 14.9 Å². The Morgan fingerprint density at radius 2 is 1.80 bits per heavy atom. The number of hydrogen-bond donors (Lipinski definition) is 2. The van der Waals surface area contributed by atoms with E-state index in [4.69, 9.17) is 4.74 Å². The van der Waals surface area contributed by atoms with E-state index in [9.17, 15) is 19.5 Å². The van der Waals surface area contributed by atoms with Crippen LogP contribution in [0.1, 0.15) is 5.56 Å². The van der Waals surface area contributed by atoms with Crippen LogP contribution in [-0.2, 0) is 9.59 Å². The van der Waals surface area contributed by atoms with Gasteiger partial charge in [0.2, 0.25) is 0 Å². The smallest absolute Gasteiger partial charge is 0.335 e. The molecule has 1 saturated heterocycles. The first-order valence-corrected chi connectivity index (χ1v) is 9.65. The Bertz CT molecular complexity index is 1250. The van der Waals surface area contributed by atoms with Crippen LogP contribution in [0.4, 0.5) is 10.5 Å². The van der Waals surface area contributed by atoms with Gasteiger partial charge in [0, 0.05) is 5.39 Å². The summed E-state index contributed by atoms with van der Waals surface area (Å²) in [5.74, 6) is -1.48.